The minimum absolute atomic E-state index is 0.508. The van der Waals surface area contributed by atoms with Crippen molar-refractivity contribution in [2.75, 3.05) is 19.6 Å². The molecule has 3 heteroatoms. The van der Waals surface area contributed by atoms with Crippen LogP contribution in [0.2, 0.25) is 0 Å². The molecule has 0 fully saturated rings. The summed E-state index contributed by atoms with van der Waals surface area (Å²) in [6, 6.07) is 7.80. The molecule has 0 aliphatic carbocycles. The SMILES string of the molecule is COCc1cccc(OCCCl)c1. The standard InChI is InChI=1S/C10H13ClO2/c1-12-8-9-3-2-4-10(7-9)13-6-5-11/h2-4,7H,5-6,8H2,1H3. The number of hydrogen-bond donors (Lipinski definition) is 0. The van der Waals surface area contributed by atoms with Crippen molar-refractivity contribution in [2.24, 2.45) is 0 Å². The lowest BCUT2D eigenvalue weighted by atomic mass is 10.2. The van der Waals surface area contributed by atoms with Gasteiger partial charge in [0.2, 0.25) is 0 Å². The topological polar surface area (TPSA) is 18.5 Å². The van der Waals surface area contributed by atoms with Crippen molar-refractivity contribution in [1.29, 1.82) is 0 Å². The van der Waals surface area contributed by atoms with E-state index in [2.05, 4.69) is 0 Å². The van der Waals surface area contributed by atoms with Gasteiger partial charge in [0.05, 0.1) is 12.5 Å². The lowest BCUT2D eigenvalue weighted by Gasteiger charge is -2.05. The van der Waals surface area contributed by atoms with Gasteiger partial charge in [0, 0.05) is 7.11 Å². The monoisotopic (exact) mass is 200 g/mol. The molecule has 13 heavy (non-hydrogen) atoms. The fourth-order valence-corrected chi connectivity index (χ4v) is 1.13. The van der Waals surface area contributed by atoms with Crippen LogP contribution in [0.3, 0.4) is 0 Å². The van der Waals surface area contributed by atoms with Gasteiger partial charge in [-0.25, -0.2) is 0 Å². The molecule has 2 nitrogen and oxygen atoms in total. The lowest BCUT2D eigenvalue weighted by Crippen LogP contribution is -1.98. The predicted octanol–water partition coefficient (Wildman–Crippen LogP) is 2.45. The molecule has 0 unspecified atom stereocenters. The van der Waals surface area contributed by atoms with Crippen LogP contribution in [0.1, 0.15) is 5.56 Å². The Labute approximate surface area is 83.4 Å². The maximum absolute atomic E-state index is 5.50. The highest BCUT2D eigenvalue weighted by molar-refractivity contribution is 6.17. The fraction of sp³-hybridized carbons (Fsp3) is 0.400. The Morgan fingerprint density at radius 3 is 2.92 bits per heavy atom. The minimum Gasteiger partial charge on any atom is -0.492 e. The van der Waals surface area contributed by atoms with Gasteiger partial charge >= 0.3 is 0 Å². The first-order valence-electron chi connectivity index (χ1n) is 4.13. The van der Waals surface area contributed by atoms with Crippen molar-refractivity contribution in [3.8, 4) is 5.75 Å². The van der Waals surface area contributed by atoms with E-state index >= 15 is 0 Å². The molecule has 0 aliphatic heterocycles. The number of halogens is 1. The van der Waals surface area contributed by atoms with Gasteiger partial charge in [0.25, 0.3) is 0 Å². The molecular formula is C10H13ClO2. The molecule has 0 spiro atoms. The highest BCUT2D eigenvalue weighted by Gasteiger charge is 1.95. The van der Waals surface area contributed by atoms with Gasteiger partial charge in [-0.1, -0.05) is 12.1 Å². The Bertz CT molecular complexity index is 250. The zero-order chi connectivity index (χ0) is 9.52. The molecular weight excluding hydrogens is 188 g/mol. The summed E-state index contributed by atoms with van der Waals surface area (Å²) in [6.45, 7) is 1.15. The summed E-state index contributed by atoms with van der Waals surface area (Å²) in [6.07, 6.45) is 0. The fourth-order valence-electron chi connectivity index (χ4n) is 1.05. The summed E-state index contributed by atoms with van der Waals surface area (Å²) in [5, 5.41) is 0. The minimum atomic E-state index is 0.508. The molecule has 0 atom stereocenters. The van der Waals surface area contributed by atoms with Gasteiger partial charge in [-0.3, -0.25) is 0 Å². The Morgan fingerprint density at radius 1 is 1.38 bits per heavy atom. The van der Waals surface area contributed by atoms with Crippen LogP contribution < -0.4 is 4.74 Å². The maximum atomic E-state index is 5.50. The molecule has 1 aromatic carbocycles. The van der Waals surface area contributed by atoms with Gasteiger partial charge in [-0.05, 0) is 17.7 Å². The summed E-state index contributed by atoms with van der Waals surface area (Å²) >= 11 is 5.50. The van der Waals surface area contributed by atoms with Crippen LogP contribution in [0.5, 0.6) is 5.75 Å². The third-order valence-electron chi connectivity index (χ3n) is 1.56. The van der Waals surface area contributed by atoms with Crippen LogP contribution in [0.25, 0.3) is 0 Å². The van der Waals surface area contributed by atoms with Crippen LogP contribution in [0.4, 0.5) is 0 Å². The van der Waals surface area contributed by atoms with E-state index in [-0.39, 0.29) is 0 Å². The summed E-state index contributed by atoms with van der Waals surface area (Å²) < 4.78 is 10.4. The molecule has 72 valence electrons. The zero-order valence-corrected chi connectivity index (χ0v) is 8.38. The molecule has 0 saturated heterocycles. The van der Waals surface area contributed by atoms with E-state index in [1.165, 1.54) is 0 Å². The first-order chi connectivity index (χ1) is 6.36. The van der Waals surface area contributed by atoms with Crippen molar-refractivity contribution < 1.29 is 9.47 Å². The van der Waals surface area contributed by atoms with Crippen molar-refractivity contribution in [2.45, 2.75) is 6.61 Å². The Hall–Kier alpha value is -0.730. The van der Waals surface area contributed by atoms with E-state index in [1.54, 1.807) is 7.11 Å². The summed E-state index contributed by atoms with van der Waals surface area (Å²) in [5.41, 5.74) is 1.11. The van der Waals surface area contributed by atoms with Crippen LogP contribution >= 0.6 is 11.6 Å². The average molecular weight is 201 g/mol. The second-order valence-electron chi connectivity index (χ2n) is 2.62. The van der Waals surface area contributed by atoms with Crippen molar-refractivity contribution in [1.82, 2.24) is 0 Å². The van der Waals surface area contributed by atoms with E-state index in [9.17, 15) is 0 Å². The van der Waals surface area contributed by atoms with Crippen LogP contribution in [-0.4, -0.2) is 19.6 Å². The molecule has 0 bridgehead atoms. The number of methoxy groups -OCH3 is 1. The third kappa shape index (κ3) is 3.66. The number of ether oxygens (including phenoxy) is 2. The molecule has 0 heterocycles. The molecule has 0 saturated carbocycles. The number of alkyl halides is 1. The molecule has 0 amide bonds. The number of hydrogen-bond acceptors (Lipinski definition) is 2. The highest BCUT2D eigenvalue weighted by atomic mass is 35.5. The quantitative estimate of drug-likeness (QED) is 0.680. The van der Waals surface area contributed by atoms with E-state index in [1.807, 2.05) is 24.3 Å². The molecule has 0 aliphatic rings. The Kier molecular flexibility index (Phi) is 4.65. The van der Waals surface area contributed by atoms with Gasteiger partial charge in [-0.2, -0.15) is 0 Å². The number of rotatable bonds is 5. The van der Waals surface area contributed by atoms with E-state index in [0.29, 0.717) is 19.1 Å². The van der Waals surface area contributed by atoms with Gasteiger partial charge < -0.3 is 9.47 Å². The molecule has 1 aromatic rings. The second-order valence-corrected chi connectivity index (χ2v) is 3.00. The lowest BCUT2D eigenvalue weighted by molar-refractivity contribution is 0.184. The van der Waals surface area contributed by atoms with Crippen molar-refractivity contribution in [3.05, 3.63) is 29.8 Å². The highest BCUT2D eigenvalue weighted by Crippen LogP contribution is 2.13. The second kappa shape index (κ2) is 5.84. The normalized spacial score (nSPS) is 10.0. The average Bonchev–Trinajstić information content (AvgIpc) is 2.16. The van der Waals surface area contributed by atoms with Gasteiger partial charge in [-0.15, -0.1) is 11.6 Å². The zero-order valence-electron chi connectivity index (χ0n) is 7.63. The van der Waals surface area contributed by atoms with E-state index < -0.39 is 0 Å². The number of benzene rings is 1. The van der Waals surface area contributed by atoms with E-state index in [4.69, 9.17) is 21.1 Å². The van der Waals surface area contributed by atoms with Crippen molar-refractivity contribution in [3.63, 3.8) is 0 Å². The largest absolute Gasteiger partial charge is 0.492 e. The van der Waals surface area contributed by atoms with Crippen molar-refractivity contribution >= 4 is 11.6 Å². The molecule has 1 rings (SSSR count). The van der Waals surface area contributed by atoms with Crippen LogP contribution in [0.15, 0.2) is 24.3 Å². The summed E-state index contributed by atoms with van der Waals surface area (Å²) in [7, 11) is 1.67. The first kappa shape index (κ1) is 10.4. The summed E-state index contributed by atoms with van der Waals surface area (Å²) in [4.78, 5) is 0. The maximum Gasteiger partial charge on any atom is 0.119 e. The molecule has 0 N–H and O–H groups in total. The molecule has 0 radical (unpaired) electrons. The Balaban J connectivity index is 2.56. The third-order valence-corrected chi connectivity index (χ3v) is 1.71. The molecule has 0 aromatic heterocycles. The van der Waals surface area contributed by atoms with Crippen LogP contribution in [-0.2, 0) is 11.3 Å². The Morgan fingerprint density at radius 2 is 2.23 bits per heavy atom. The van der Waals surface area contributed by atoms with Gasteiger partial charge in [0.15, 0.2) is 0 Å². The smallest absolute Gasteiger partial charge is 0.119 e. The summed E-state index contributed by atoms with van der Waals surface area (Å²) in [5.74, 6) is 1.35. The van der Waals surface area contributed by atoms with Gasteiger partial charge in [0.1, 0.15) is 12.4 Å². The predicted molar refractivity (Wildman–Crippen MR) is 53.4 cm³/mol. The van der Waals surface area contributed by atoms with E-state index in [0.717, 1.165) is 11.3 Å². The first-order valence-corrected chi connectivity index (χ1v) is 4.67. The van der Waals surface area contributed by atoms with Crippen LogP contribution in [0, 0.1) is 0 Å².